The molecule has 0 saturated carbocycles. The molecule has 0 aromatic heterocycles. The van der Waals surface area contributed by atoms with Gasteiger partial charge in [0.2, 0.25) is 0 Å². The maximum atomic E-state index is 12.7. The lowest BCUT2D eigenvalue weighted by Gasteiger charge is -2.28. The van der Waals surface area contributed by atoms with Crippen LogP contribution >= 0.6 is 0 Å². The van der Waals surface area contributed by atoms with Gasteiger partial charge < -0.3 is 20.1 Å². The monoisotopic (exact) mass is 408 g/mol. The van der Waals surface area contributed by atoms with Crippen molar-refractivity contribution < 1.29 is 19.1 Å². The quantitative estimate of drug-likeness (QED) is 0.666. The molecule has 1 atom stereocenters. The molecule has 0 bridgehead atoms. The van der Waals surface area contributed by atoms with Crippen LogP contribution < -0.4 is 15.4 Å². The molecular formula is C24H28N2O4. The fourth-order valence-electron chi connectivity index (χ4n) is 3.22. The van der Waals surface area contributed by atoms with E-state index in [2.05, 4.69) is 23.6 Å². The van der Waals surface area contributed by atoms with Gasteiger partial charge in [0.1, 0.15) is 12.4 Å². The number of aryl methyl sites for hydroxylation is 1. The molecule has 1 unspecified atom stereocenters. The van der Waals surface area contributed by atoms with Crippen LogP contribution in [0.2, 0.25) is 0 Å². The zero-order chi connectivity index (χ0) is 21.7. The summed E-state index contributed by atoms with van der Waals surface area (Å²) in [5.41, 5.74) is 3.99. The Morgan fingerprint density at radius 3 is 2.43 bits per heavy atom. The number of esters is 1. The van der Waals surface area contributed by atoms with Crippen molar-refractivity contribution in [1.29, 1.82) is 0 Å². The standard InChI is InChI=1S/C24H28N2O4/c1-15(2)13-30-23(27)21-17(4)25-24(28)26-22(21)18-9-11-20(12-10-18)29-14-19-8-6-5-7-16(19)3/h5-12,15,22H,13-14H2,1-4H3,(H2,25,26,28). The van der Waals surface area contributed by atoms with Gasteiger partial charge in [-0.3, -0.25) is 0 Å². The molecule has 30 heavy (non-hydrogen) atoms. The number of carbonyl (C=O) groups is 2. The predicted octanol–water partition coefficient (Wildman–Crippen LogP) is 4.40. The van der Waals surface area contributed by atoms with Gasteiger partial charge in [-0.25, -0.2) is 9.59 Å². The minimum absolute atomic E-state index is 0.226. The van der Waals surface area contributed by atoms with Crippen LogP contribution in [-0.4, -0.2) is 18.6 Å². The van der Waals surface area contributed by atoms with Crippen molar-refractivity contribution >= 4 is 12.0 Å². The molecule has 3 rings (SSSR count). The molecule has 0 radical (unpaired) electrons. The maximum Gasteiger partial charge on any atom is 0.338 e. The number of allylic oxidation sites excluding steroid dienone is 1. The lowest BCUT2D eigenvalue weighted by atomic mass is 9.95. The highest BCUT2D eigenvalue weighted by molar-refractivity contribution is 5.95. The molecule has 0 spiro atoms. The molecule has 0 fully saturated rings. The van der Waals surface area contributed by atoms with Gasteiger partial charge in [-0.2, -0.15) is 0 Å². The van der Waals surface area contributed by atoms with Crippen LogP contribution in [0.3, 0.4) is 0 Å². The summed E-state index contributed by atoms with van der Waals surface area (Å²) in [4.78, 5) is 24.7. The Bertz CT molecular complexity index is 948. The van der Waals surface area contributed by atoms with E-state index in [1.54, 1.807) is 6.92 Å². The van der Waals surface area contributed by atoms with Crippen molar-refractivity contribution in [2.24, 2.45) is 5.92 Å². The molecule has 1 aliphatic heterocycles. The van der Waals surface area contributed by atoms with Crippen LogP contribution in [0.25, 0.3) is 0 Å². The SMILES string of the molecule is CC1=C(C(=O)OCC(C)C)C(c2ccc(OCc3ccccc3C)cc2)NC(=O)N1. The van der Waals surface area contributed by atoms with E-state index in [0.29, 0.717) is 30.2 Å². The van der Waals surface area contributed by atoms with E-state index < -0.39 is 12.0 Å². The summed E-state index contributed by atoms with van der Waals surface area (Å²) in [7, 11) is 0. The van der Waals surface area contributed by atoms with Gasteiger partial charge in [0.25, 0.3) is 0 Å². The van der Waals surface area contributed by atoms with Gasteiger partial charge in [-0.15, -0.1) is 0 Å². The van der Waals surface area contributed by atoms with Crippen molar-refractivity contribution in [2.45, 2.75) is 40.3 Å². The number of nitrogens with one attached hydrogen (secondary N) is 2. The smallest absolute Gasteiger partial charge is 0.338 e. The average molecular weight is 408 g/mol. The van der Waals surface area contributed by atoms with Gasteiger partial charge in [0, 0.05) is 5.70 Å². The van der Waals surface area contributed by atoms with E-state index in [1.807, 2.05) is 56.3 Å². The molecule has 2 amide bonds. The number of carbonyl (C=O) groups excluding carboxylic acids is 2. The molecule has 0 aliphatic carbocycles. The number of urea groups is 1. The number of amides is 2. The Hall–Kier alpha value is -3.28. The predicted molar refractivity (Wildman–Crippen MR) is 115 cm³/mol. The van der Waals surface area contributed by atoms with Gasteiger partial charge >= 0.3 is 12.0 Å². The van der Waals surface area contributed by atoms with Crippen LogP contribution in [0.5, 0.6) is 5.75 Å². The summed E-state index contributed by atoms with van der Waals surface area (Å²) in [5.74, 6) is 0.509. The first-order chi connectivity index (χ1) is 14.3. The van der Waals surface area contributed by atoms with E-state index in [1.165, 1.54) is 5.56 Å². The molecule has 158 valence electrons. The second kappa shape index (κ2) is 9.48. The second-order valence-electron chi connectivity index (χ2n) is 7.85. The van der Waals surface area contributed by atoms with Crippen molar-refractivity contribution in [3.05, 3.63) is 76.5 Å². The van der Waals surface area contributed by atoms with Crippen LogP contribution in [0.1, 0.15) is 43.5 Å². The third kappa shape index (κ3) is 5.20. The van der Waals surface area contributed by atoms with Crippen molar-refractivity contribution in [1.82, 2.24) is 10.6 Å². The third-order valence-electron chi connectivity index (χ3n) is 4.91. The van der Waals surface area contributed by atoms with Gasteiger partial charge in [0.15, 0.2) is 0 Å². The fourth-order valence-corrected chi connectivity index (χ4v) is 3.22. The van der Waals surface area contributed by atoms with E-state index in [0.717, 1.165) is 11.1 Å². The Labute approximate surface area is 177 Å². The van der Waals surface area contributed by atoms with E-state index in [4.69, 9.17) is 9.47 Å². The Balaban J connectivity index is 1.75. The molecule has 6 heteroatoms. The molecule has 2 N–H and O–H groups in total. The lowest BCUT2D eigenvalue weighted by Crippen LogP contribution is -2.45. The zero-order valence-corrected chi connectivity index (χ0v) is 17.8. The van der Waals surface area contributed by atoms with E-state index >= 15 is 0 Å². The first kappa shape index (κ1) is 21.4. The highest BCUT2D eigenvalue weighted by Crippen LogP contribution is 2.29. The van der Waals surface area contributed by atoms with E-state index in [-0.39, 0.29) is 11.9 Å². The first-order valence-electron chi connectivity index (χ1n) is 10.1. The molecule has 0 saturated heterocycles. The zero-order valence-electron chi connectivity index (χ0n) is 17.8. The molecule has 2 aromatic rings. The van der Waals surface area contributed by atoms with Crippen LogP contribution in [0.4, 0.5) is 4.79 Å². The summed E-state index contributed by atoms with van der Waals surface area (Å²) in [6.07, 6.45) is 0. The molecule has 2 aromatic carbocycles. The second-order valence-corrected chi connectivity index (χ2v) is 7.85. The number of hydrogen-bond acceptors (Lipinski definition) is 4. The largest absolute Gasteiger partial charge is 0.489 e. The summed E-state index contributed by atoms with van der Waals surface area (Å²) >= 11 is 0. The van der Waals surface area contributed by atoms with Gasteiger partial charge in [0.05, 0.1) is 18.2 Å². The van der Waals surface area contributed by atoms with E-state index in [9.17, 15) is 9.59 Å². The third-order valence-corrected chi connectivity index (χ3v) is 4.91. The molecule has 6 nitrogen and oxygen atoms in total. The van der Waals surface area contributed by atoms with Crippen molar-refractivity contribution in [3.63, 3.8) is 0 Å². The first-order valence-corrected chi connectivity index (χ1v) is 10.1. The number of rotatable bonds is 7. The Morgan fingerprint density at radius 1 is 1.07 bits per heavy atom. The Kier molecular flexibility index (Phi) is 6.77. The van der Waals surface area contributed by atoms with Crippen LogP contribution in [-0.2, 0) is 16.1 Å². The maximum absolute atomic E-state index is 12.7. The summed E-state index contributed by atoms with van der Waals surface area (Å²) in [6, 6.07) is 14.5. The van der Waals surface area contributed by atoms with Crippen molar-refractivity contribution in [3.8, 4) is 5.75 Å². The van der Waals surface area contributed by atoms with Gasteiger partial charge in [-0.1, -0.05) is 50.2 Å². The molecule has 1 heterocycles. The summed E-state index contributed by atoms with van der Waals surface area (Å²) < 4.78 is 11.3. The summed E-state index contributed by atoms with van der Waals surface area (Å²) in [6.45, 7) is 8.50. The lowest BCUT2D eigenvalue weighted by molar-refractivity contribution is -0.140. The van der Waals surface area contributed by atoms with Crippen molar-refractivity contribution in [2.75, 3.05) is 6.61 Å². The van der Waals surface area contributed by atoms with Crippen LogP contribution in [0, 0.1) is 12.8 Å². The normalized spacial score (nSPS) is 16.2. The molecular weight excluding hydrogens is 380 g/mol. The highest BCUT2D eigenvalue weighted by atomic mass is 16.5. The average Bonchev–Trinajstić information content (AvgIpc) is 2.71. The minimum atomic E-state index is -0.580. The highest BCUT2D eigenvalue weighted by Gasteiger charge is 2.32. The topological polar surface area (TPSA) is 76.7 Å². The number of benzene rings is 2. The minimum Gasteiger partial charge on any atom is -0.489 e. The number of ether oxygens (including phenoxy) is 2. The van der Waals surface area contributed by atoms with Crippen LogP contribution in [0.15, 0.2) is 59.8 Å². The molecule has 1 aliphatic rings. The van der Waals surface area contributed by atoms with Gasteiger partial charge in [-0.05, 0) is 48.6 Å². The summed E-state index contributed by atoms with van der Waals surface area (Å²) in [5, 5.41) is 5.47. The fraction of sp³-hybridized carbons (Fsp3) is 0.333. The number of hydrogen-bond donors (Lipinski definition) is 2. The Morgan fingerprint density at radius 2 is 1.77 bits per heavy atom.